The highest BCUT2D eigenvalue weighted by Gasteiger charge is 1.95. The Balaban J connectivity index is 0. The highest BCUT2D eigenvalue weighted by Crippen LogP contribution is 2.00. The Morgan fingerprint density at radius 3 is 2.22 bits per heavy atom. The molecule has 0 saturated carbocycles. The molecule has 1 atom stereocenters. The third-order valence-electron chi connectivity index (χ3n) is 1.30. The van der Waals surface area contributed by atoms with Gasteiger partial charge in [-0.3, -0.25) is 0 Å². The van der Waals surface area contributed by atoms with E-state index >= 15 is 0 Å². The zero-order valence-electron chi connectivity index (χ0n) is 6.27. The molecule has 3 heteroatoms. The van der Waals surface area contributed by atoms with Crippen molar-refractivity contribution >= 4 is 0 Å². The van der Waals surface area contributed by atoms with E-state index < -0.39 is 0 Å². The van der Waals surface area contributed by atoms with Gasteiger partial charge in [0.2, 0.25) is 0 Å². The highest BCUT2D eigenvalue weighted by molar-refractivity contribution is 4.52. The lowest BCUT2D eigenvalue weighted by Crippen LogP contribution is -2.12. The van der Waals surface area contributed by atoms with Gasteiger partial charge in [-0.05, 0) is 31.8 Å². The summed E-state index contributed by atoms with van der Waals surface area (Å²) >= 11 is 0. The molecule has 0 fully saturated rings. The van der Waals surface area contributed by atoms with Crippen molar-refractivity contribution < 1.29 is 0 Å². The van der Waals surface area contributed by atoms with Crippen LogP contribution < -0.4 is 17.6 Å². The van der Waals surface area contributed by atoms with E-state index in [0.717, 1.165) is 19.5 Å². The molecule has 0 heterocycles. The summed E-state index contributed by atoms with van der Waals surface area (Å²) < 4.78 is 0. The summed E-state index contributed by atoms with van der Waals surface area (Å²) in [5.74, 6) is 0.651. The van der Waals surface area contributed by atoms with E-state index in [-0.39, 0.29) is 6.15 Å². The van der Waals surface area contributed by atoms with Crippen LogP contribution in [0.5, 0.6) is 0 Å². The van der Waals surface area contributed by atoms with Gasteiger partial charge in [0.1, 0.15) is 0 Å². The Kier molecular flexibility index (Phi) is 10.2. The largest absolute Gasteiger partial charge is 0.344 e. The Bertz CT molecular complexity index is 47.6. The monoisotopic (exact) mass is 133 g/mol. The first-order valence-electron chi connectivity index (χ1n) is 3.21. The van der Waals surface area contributed by atoms with Gasteiger partial charge in [-0.1, -0.05) is 6.92 Å². The second-order valence-corrected chi connectivity index (χ2v) is 2.27. The average molecular weight is 133 g/mol. The minimum atomic E-state index is 0. The predicted octanol–water partition coefficient (Wildman–Crippen LogP) is 0.482. The van der Waals surface area contributed by atoms with Crippen molar-refractivity contribution in [2.75, 3.05) is 13.1 Å². The fourth-order valence-electron chi connectivity index (χ4n) is 0.584. The summed E-state index contributed by atoms with van der Waals surface area (Å²) in [6.45, 7) is 3.74. The number of nitrogens with two attached hydrogens (primary N) is 2. The third-order valence-corrected chi connectivity index (χ3v) is 1.30. The van der Waals surface area contributed by atoms with Crippen molar-refractivity contribution in [1.82, 2.24) is 6.15 Å². The van der Waals surface area contributed by atoms with Gasteiger partial charge < -0.3 is 17.6 Å². The zero-order valence-corrected chi connectivity index (χ0v) is 6.27. The molecule has 0 aromatic heterocycles. The summed E-state index contributed by atoms with van der Waals surface area (Å²) in [7, 11) is 0. The van der Waals surface area contributed by atoms with Crippen molar-refractivity contribution in [2.45, 2.75) is 19.8 Å². The first-order valence-corrected chi connectivity index (χ1v) is 3.21. The molecule has 0 aliphatic carbocycles. The maximum atomic E-state index is 5.37. The maximum Gasteiger partial charge on any atom is -0.00515 e. The van der Waals surface area contributed by atoms with E-state index in [4.69, 9.17) is 11.5 Å². The second kappa shape index (κ2) is 7.88. The van der Waals surface area contributed by atoms with Crippen LogP contribution in [0, 0.1) is 5.92 Å². The molecule has 0 spiro atoms. The molecular formula is C6H19N3. The molecule has 0 aromatic carbocycles. The molecule has 7 N–H and O–H groups in total. The average Bonchev–Trinajstić information content (AvgIpc) is 1.83. The zero-order chi connectivity index (χ0) is 6.41. The molecular weight excluding hydrogens is 114 g/mol. The van der Waals surface area contributed by atoms with Crippen LogP contribution in [0.15, 0.2) is 0 Å². The van der Waals surface area contributed by atoms with Crippen molar-refractivity contribution in [3.05, 3.63) is 0 Å². The second-order valence-electron chi connectivity index (χ2n) is 2.27. The maximum absolute atomic E-state index is 5.37. The summed E-state index contributed by atoms with van der Waals surface area (Å²) in [6, 6.07) is 0. The molecule has 0 amide bonds. The van der Waals surface area contributed by atoms with Crippen molar-refractivity contribution in [3.8, 4) is 0 Å². The summed E-state index contributed by atoms with van der Waals surface area (Å²) in [5.41, 5.74) is 10.7. The van der Waals surface area contributed by atoms with Gasteiger partial charge in [0.25, 0.3) is 0 Å². The first-order chi connectivity index (χ1) is 3.81. The fraction of sp³-hybridized carbons (Fsp3) is 1.00. The van der Waals surface area contributed by atoms with Gasteiger partial charge in [0, 0.05) is 0 Å². The predicted molar refractivity (Wildman–Crippen MR) is 41.5 cm³/mol. The first kappa shape index (κ1) is 11.6. The molecule has 0 bridgehead atoms. The van der Waals surface area contributed by atoms with Crippen LogP contribution in [0.25, 0.3) is 0 Å². The van der Waals surface area contributed by atoms with Gasteiger partial charge in [-0.15, -0.1) is 0 Å². The Morgan fingerprint density at radius 1 is 1.33 bits per heavy atom. The standard InChI is InChI=1S/C6H16N2.H3N/c1-6(5-8)3-2-4-7;/h6H,2-5,7-8H2,1H3;1H3. The minimum Gasteiger partial charge on any atom is -0.344 e. The van der Waals surface area contributed by atoms with E-state index in [9.17, 15) is 0 Å². The van der Waals surface area contributed by atoms with E-state index in [1.807, 2.05) is 0 Å². The van der Waals surface area contributed by atoms with Gasteiger partial charge in [-0.25, -0.2) is 0 Å². The van der Waals surface area contributed by atoms with E-state index in [0.29, 0.717) is 5.92 Å². The topological polar surface area (TPSA) is 87.0 Å². The van der Waals surface area contributed by atoms with Crippen molar-refractivity contribution in [3.63, 3.8) is 0 Å². The smallest absolute Gasteiger partial charge is 0.00515 e. The lowest BCUT2D eigenvalue weighted by Gasteiger charge is -2.04. The van der Waals surface area contributed by atoms with Crippen LogP contribution in [-0.2, 0) is 0 Å². The molecule has 0 aliphatic heterocycles. The lowest BCUT2D eigenvalue weighted by molar-refractivity contribution is 0.525. The molecule has 3 nitrogen and oxygen atoms in total. The molecule has 0 aromatic rings. The van der Waals surface area contributed by atoms with Crippen molar-refractivity contribution in [2.24, 2.45) is 17.4 Å². The Hall–Kier alpha value is -0.120. The number of rotatable bonds is 4. The molecule has 58 valence electrons. The van der Waals surface area contributed by atoms with Crippen LogP contribution in [0.2, 0.25) is 0 Å². The van der Waals surface area contributed by atoms with Crippen LogP contribution in [0.1, 0.15) is 19.8 Å². The van der Waals surface area contributed by atoms with E-state index in [1.54, 1.807) is 0 Å². The van der Waals surface area contributed by atoms with E-state index in [1.165, 1.54) is 6.42 Å². The van der Waals surface area contributed by atoms with Gasteiger partial charge in [0.15, 0.2) is 0 Å². The highest BCUT2D eigenvalue weighted by atomic mass is 14.5. The summed E-state index contributed by atoms with van der Waals surface area (Å²) in [6.07, 6.45) is 2.28. The summed E-state index contributed by atoms with van der Waals surface area (Å²) in [4.78, 5) is 0. The number of hydrogen-bond donors (Lipinski definition) is 3. The van der Waals surface area contributed by atoms with Gasteiger partial charge in [-0.2, -0.15) is 0 Å². The SMILES string of the molecule is CC(CN)CCCN.N. The third kappa shape index (κ3) is 7.88. The molecule has 0 radical (unpaired) electrons. The molecule has 1 unspecified atom stereocenters. The summed E-state index contributed by atoms with van der Waals surface area (Å²) in [5, 5.41) is 0. The van der Waals surface area contributed by atoms with Crippen LogP contribution in [-0.4, -0.2) is 13.1 Å². The van der Waals surface area contributed by atoms with E-state index in [2.05, 4.69) is 6.92 Å². The van der Waals surface area contributed by atoms with Gasteiger partial charge >= 0.3 is 0 Å². The molecule has 0 saturated heterocycles. The fourth-order valence-corrected chi connectivity index (χ4v) is 0.584. The van der Waals surface area contributed by atoms with Crippen LogP contribution in [0.3, 0.4) is 0 Å². The lowest BCUT2D eigenvalue weighted by atomic mass is 10.1. The normalized spacial score (nSPS) is 12.3. The van der Waals surface area contributed by atoms with Crippen molar-refractivity contribution in [1.29, 1.82) is 0 Å². The Morgan fingerprint density at radius 2 is 1.89 bits per heavy atom. The molecule has 0 rings (SSSR count). The number of hydrogen-bond acceptors (Lipinski definition) is 3. The molecule has 0 aliphatic rings. The van der Waals surface area contributed by atoms with Gasteiger partial charge in [0.05, 0.1) is 0 Å². The Labute approximate surface area is 57.4 Å². The molecule has 9 heavy (non-hydrogen) atoms. The van der Waals surface area contributed by atoms with Crippen LogP contribution in [0.4, 0.5) is 0 Å². The quantitative estimate of drug-likeness (QED) is 0.521. The van der Waals surface area contributed by atoms with Crippen LogP contribution >= 0.6 is 0 Å². The minimum absolute atomic E-state index is 0.